The maximum absolute atomic E-state index is 6.01. The first kappa shape index (κ1) is 13.7. The third-order valence-corrected chi connectivity index (χ3v) is 3.13. The Labute approximate surface area is 118 Å². The summed E-state index contributed by atoms with van der Waals surface area (Å²) in [4.78, 5) is 0. The van der Waals surface area contributed by atoms with Crippen molar-refractivity contribution in [1.82, 2.24) is 0 Å². The van der Waals surface area contributed by atoms with Crippen LogP contribution >= 0.6 is 11.6 Å². The Bertz CT molecular complexity index is 545. The van der Waals surface area contributed by atoms with Gasteiger partial charge in [0.05, 0.1) is 13.2 Å². The molecular formula is C15H17ClN2O. The van der Waals surface area contributed by atoms with E-state index in [9.17, 15) is 0 Å². The highest BCUT2D eigenvalue weighted by Crippen LogP contribution is 2.23. The second-order valence-electron chi connectivity index (χ2n) is 4.22. The molecule has 2 aromatic rings. The Hall–Kier alpha value is -1.71. The van der Waals surface area contributed by atoms with Gasteiger partial charge >= 0.3 is 0 Å². The second-order valence-corrected chi connectivity index (χ2v) is 4.66. The molecule has 2 rings (SSSR count). The molecule has 2 aromatic carbocycles. The van der Waals surface area contributed by atoms with Crippen LogP contribution < -0.4 is 15.8 Å². The van der Waals surface area contributed by atoms with Crippen LogP contribution in [0.5, 0.6) is 5.75 Å². The number of methoxy groups -OCH3 is 1. The molecule has 0 radical (unpaired) electrons. The Morgan fingerprint density at radius 2 is 2.00 bits per heavy atom. The lowest BCUT2D eigenvalue weighted by Gasteiger charge is -2.19. The summed E-state index contributed by atoms with van der Waals surface area (Å²) >= 11 is 6.01. The van der Waals surface area contributed by atoms with Gasteiger partial charge in [0, 0.05) is 23.3 Å². The number of hydrogen-bond acceptors (Lipinski definition) is 3. The second kappa shape index (κ2) is 6.45. The number of hydrogen-bond donors (Lipinski definition) is 2. The predicted octanol–water partition coefficient (Wildman–Crippen LogP) is 3.46. The van der Waals surface area contributed by atoms with Crippen molar-refractivity contribution in [2.75, 3.05) is 19.0 Å². The van der Waals surface area contributed by atoms with E-state index in [1.807, 2.05) is 48.5 Å². The average Bonchev–Trinajstić information content (AvgIpc) is 2.45. The molecule has 0 aromatic heterocycles. The molecule has 0 amide bonds. The van der Waals surface area contributed by atoms with Gasteiger partial charge in [0.1, 0.15) is 5.75 Å². The third-order valence-electron chi connectivity index (χ3n) is 2.90. The van der Waals surface area contributed by atoms with Crippen molar-refractivity contribution in [2.24, 2.45) is 5.73 Å². The zero-order valence-electron chi connectivity index (χ0n) is 10.8. The van der Waals surface area contributed by atoms with E-state index in [1.165, 1.54) is 0 Å². The highest BCUT2D eigenvalue weighted by molar-refractivity contribution is 6.30. The van der Waals surface area contributed by atoms with E-state index in [2.05, 4.69) is 5.32 Å². The van der Waals surface area contributed by atoms with Crippen LogP contribution in [0.15, 0.2) is 48.5 Å². The molecule has 1 atom stereocenters. The first-order chi connectivity index (χ1) is 9.22. The van der Waals surface area contributed by atoms with E-state index in [-0.39, 0.29) is 6.04 Å². The maximum Gasteiger partial charge on any atom is 0.120 e. The Kier molecular flexibility index (Phi) is 4.66. The fraction of sp³-hybridized carbons (Fsp3) is 0.200. The van der Waals surface area contributed by atoms with Crippen molar-refractivity contribution in [3.63, 3.8) is 0 Å². The van der Waals surface area contributed by atoms with Gasteiger partial charge < -0.3 is 15.8 Å². The van der Waals surface area contributed by atoms with Crippen molar-refractivity contribution in [1.29, 1.82) is 0 Å². The van der Waals surface area contributed by atoms with Gasteiger partial charge in [-0.05, 0) is 29.8 Å². The topological polar surface area (TPSA) is 47.3 Å². The van der Waals surface area contributed by atoms with Crippen molar-refractivity contribution >= 4 is 17.3 Å². The summed E-state index contributed by atoms with van der Waals surface area (Å²) in [5, 5.41) is 4.09. The van der Waals surface area contributed by atoms with Gasteiger partial charge in [-0.3, -0.25) is 0 Å². The molecule has 0 spiro atoms. The zero-order chi connectivity index (χ0) is 13.7. The smallest absolute Gasteiger partial charge is 0.120 e. The molecule has 0 aliphatic carbocycles. The summed E-state index contributed by atoms with van der Waals surface area (Å²) in [7, 11) is 1.65. The van der Waals surface area contributed by atoms with Crippen LogP contribution in [0.25, 0.3) is 0 Å². The first-order valence-corrected chi connectivity index (χ1v) is 6.47. The number of halogens is 1. The van der Waals surface area contributed by atoms with Gasteiger partial charge in [0.15, 0.2) is 0 Å². The Balaban J connectivity index is 2.18. The average molecular weight is 277 g/mol. The molecule has 0 saturated heterocycles. The van der Waals surface area contributed by atoms with E-state index in [4.69, 9.17) is 22.1 Å². The fourth-order valence-electron chi connectivity index (χ4n) is 1.92. The standard InChI is InChI=1S/C15H17ClN2O/c1-19-14-7-3-6-13(9-14)18-15(10-17)11-4-2-5-12(16)8-11/h2-9,15,18H,10,17H2,1H3. The van der Waals surface area contributed by atoms with Crippen LogP contribution in [0.4, 0.5) is 5.69 Å². The minimum Gasteiger partial charge on any atom is -0.497 e. The molecule has 0 saturated carbocycles. The molecule has 19 heavy (non-hydrogen) atoms. The minimum atomic E-state index is 0.0193. The summed E-state index contributed by atoms with van der Waals surface area (Å²) in [5.41, 5.74) is 7.87. The Morgan fingerprint density at radius 3 is 2.68 bits per heavy atom. The monoisotopic (exact) mass is 276 g/mol. The minimum absolute atomic E-state index is 0.0193. The summed E-state index contributed by atoms with van der Waals surface area (Å²) in [5.74, 6) is 0.812. The lowest BCUT2D eigenvalue weighted by atomic mass is 10.1. The van der Waals surface area contributed by atoms with Crippen LogP contribution in [-0.2, 0) is 0 Å². The largest absolute Gasteiger partial charge is 0.497 e. The van der Waals surface area contributed by atoms with Gasteiger partial charge in [0.25, 0.3) is 0 Å². The SMILES string of the molecule is COc1cccc(NC(CN)c2cccc(Cl)c2)c1. The number of ether oxygens (including phenoxy) is 1. The number of nitrogens with two attached hydrogens (primary N) is 1. The van der Waals surface area contributed by atoms with Crippen LogP contribution in [0, 0.1) is 0 Å². The van der Waals surface area contributed by atoms with E-state index in [0.717, 1.165) is 17.0 Å². The zero-order valence-corrected chi connectivity index (χ0v) is 11.5. The third kappa shape index (κ3) is 3.63. The summed E-state index contributed by atoms with van der Waals surface area (Å²) in [6.07, 6.45) is 0. The maximum atomic E-state index is 6.01. The van der Waals surface area contributed by atoms with Crippen LogP contribution in [0.2, 0.25) is 5.02 Å². The number of benzene rings is 2. The molecule has 0 fully saturated rings. The summed E-state index contributed by atoms with van der Waals surface area (Å²) < 4.78 is 5.20. The molecule has 100 valence electrons. The Morgan fingerprint density at radius 1 is 1.21 bits per heavy atom. The van der Waals surface area contributed by atoms with Crippen molar-refractivity contribution in [2.45, 2.75) is 6.04 Å². The highest BCUT2D eigenvalue weighted by Gasteiger charge is 2.10. The molecule has 0 aliphatic heterocycles. The van der Waals surface area contributed by atoms with Crippen LogP contribution in [0.3, 0.4) is 0 Å². The number of nitrogens with one attached hydrogen (secondary N) is 1. The van der Waals surface area contributed by atoms with E-state index >= 15 is 0 Å². The molecule has 1 unspecified atom stereocenters. The lowest BCUT2D eigenvalue weighted by molar-refractivity contribution is 0.415. The predicted molar refractivity (Wildman–Crippen MR) is 79.9 cm³/mol. The molecule has 0 bridgehead atoms. The van der Waals surface area contributed by atoms with E-state index in [1.54, 1.807) is 7.11 Å². The fourth-order valence-corrected chi connectivity index (χ4v) is 2.11. The normalized spacial score (nSPS) is 11.9. The first-order valence-electron chi connectivity index (χ1n) is 6.09. The highest BCUT2D eigenvalue weighted by atomic mass is 35.5. The van der Waals surface area contributed by atoms with Crippen molar-refractivity contribution in [3.05, 3.63) is 59.1 Å². The van der Waals surface area contributed by atoms with Crippen molar-refractivity contribution in [3.8, 4) is 5.75 Å². The molecule has 0 aliphatic rings. The van der Waals surface area contributed by atoms with E-state index in [0.29, 0.717) is 11.6 Å². The number of rotatable bonds is 5. The molecule has 0 heterocycles. The molecule has 3 nitrogen and oxygen atoms in total. The van der Waals surface area contributed by atoms with Gasteiger partial charge in [0.2, 0.25) is 0 Å². The van der Waals surface area contributed by atoms with Crippen LogP contribution in [0.1, 0.15) is 11.6 Å². The summed E-state index contributed by atoms with van der Waals surface area (Å²) in [6.45, 7) is 0.484. The molecule has 3 N–H and O–H groups in total. The van der Waals surface area contributed by atoms with Crippen molar-refractivity contribution < 1.29 is 4.74 Å². The van der Waals surface area contributed by atoms with Gasteiger partial charge in [-0.2, -0.15) is 0 Å². The van der Waals surface area contributed by atoms with Gasteiger partial charge in [-0.25, -0.2) is 0 Å². The quantitative estimate of drug-likeness (QED) is 0.879. The summed E-state index contributed by atoms with van der Waals surface area (Å²) in [6, 6.07) is 15.5. The van der Waals surface area contributed by atoms with Crippen LogP contribution in [-0.4, -0.2) is 13.7 Å². The molecule has 4 heteroatoms. The lowest BCUT2D eigenvalue weighted by Crippen LogP contribution is -2.20. The molecular weight excluding hydrogens is 260 g/mol. The number of anilines is 1. The van der Waals surface area contributed by atoms with Gasteiger partial charge in [-0.1, -0.05) is 29.8 Å². The van der Waals surface area contributed by atoms with Gasteiger partial charge in [-0.15, -0.1) is 0 Å². The van der Waals surface area contributed by atoms with E-state index < -0.39 is 0 Å².